The van der Waals surface area contributed by atoms with Crippen LogP contribution in [0.15, 0.2) is 108 Å². The van der Waals surface area contributed by atoms with Crippen LogP contribution in [0.5, 0.6) is 0 Å². The fourth-order valence-electron chi connectivity index (χ4n) is 3.70. The summed E-state index contributed by atoms with van der Waals surface area (Å²) in [5.41, 5.74) is 1.56. The molecule has 9 nitrogen and oxygen atoms in total. The Balaban J connectivity index is 1.45. The van der Waals surface area contributed by atoms with Gasteiger partial charge >= 0.3 is 0 Å². The molecule has 4 aromatic rings. The van der Waals surface area contributed by atoms with Crippen molar-refractivity contribution in [2.75, 3.05) is 10.6 Å². The number of nitro benzene ring substituents is 1. The predicted molar refractivity (Wildman–Crippen MR) is 170 cm³/mol. The molecule has 218 valence electrons. The molecule has 0 bridgehead atoms. The maximum atomic E-state index is 13.3. The van der Waals surface area contributed by atoms with E-state index in [1.54, 1.807) is 79.7 Å². The minimum Gasteiger partial charge on any atom is -0.324 e. The van der Waals surface area contributed by atoms with Crippen LogP contribution in [0.2, 0.25) is 10.0 Å². The Hall–Kier alpha value is -4.64. The first-order valence-electron chi connectivity index (χ1n) is 12.8. The maximum absolute atomic E-state index is 13.3. The van der Waals surface area contributed by atoms with Gasteiger partial charge in [-0.15, -0.1) is 11.8 Å². The van der Waals surface area contributed by atoms with Crippen molar-refractivity contribution in [2.45, 2.75) is 17.1 Å². The van der Waals surface area contributed by atoms with Crippen LogP contribution >= 0.6 is 35.0 Å². The second-order valence-electron chi connectivity index (χ2n) is 9.08. The van der Waals surface area contributed by atoms with Crippen molar-refractivity contribution < 1.29 is 19.3 Å². The van der Waals surface area contributed by atoms with Gasteiger partial charge in [-0.3, -0.25) is 24.5 Å². The van der Waals surface area contributed by atoms with E-state index < -0.39 is 22.0 Å². The number of non-ortho nitro benzene ring substituents is 1. The normalized spacial score (nSPS) is 11.7. The van der Waals surface area contributed by atoms with E-state index >= 15 is 0 Å². The molecular weight excluding hydrogens is 611 g/mol. The molecule has 3 N–H and O–H groups in total. The zero-order valence-electron chi connectivity index (χ0n) is 22.5. The third kappa shape index (κ3) is 8.92. The molecule has 0 aliphatic rings. The Morgan fingerprint density at radius 2 is 1.56 bits per heavy atom. The molecule has 0 fully saturated rings. The van der Waals surface area contributed by atoms with Gasteiger partial charge in [-0.2, -0.15) is 0 Å². The highest BCUT2D eigenvalue weighted by Gasteiger charge is 2.18. The number of halogens is 2. The van der Waals surface area contributed by atoms with E-state index in [1.165, 1.54) is 42.1 Å². The standard InChI is InChI=1S/C31H24Cl2N4O5S/c1-19(29(38)35-27-16-9-22(32)18-26(27)33)43-25-14-10-23(11-15-25)34-31(40)28(36-30(39)21-5-3-2-4-6-21)17-20-7-12-24(13-8-20)37(41)42/h2-19H,1H3,(H,34,40)(H,35,38)(H,36,39)/b28-17-. The average molecular weight is 636 g/mol. The van der Waals surface area contributed by atoms with Crippen LogP contribution in [0, 0.1) is 10.1 Å². The number of nitro groups is 1. The summed E-state index contributed by atoms with van der Waals surface area (Å²) in [5.74, 6) is -1.35. The van der Waals surface area contributed by atoms with Crippen LogP contribution in [0.4, 0.5) is 17.1 Å². The number of hydrogen-bond acceptors (Lipinski definition) is 6. The number of nitrogens with zero attached hydrogens (tertiary/aromatic N) is 1. The quantitative estimate of drug-likeness (QED) is 0.0719. The largest absolute Gasteiger partial charge is 0.324 e. The van der Waals surface area contributed by atoms with Gasteiger partial charge in [0, 0.05) is 33.3 Å². The molecular formula is C31H24Cl2N4O5S. The first kappa shape index (κ1) is 31.3. The number of rotatable bonds is 10. The van der Waals surface area contributed by atoms with Crippen molar-refractivity contribution in [1.29, 1.82) is 0 Å². The predicted octanol–water partition coefficient (Wildman–Crippen LogP) is 7.43. The number of carbonyl (C=O) groups excluding carboxylic acids is 3. The van der Waals surface area contributed by atoms with E-state index in [0.717, 1.165) is 4.90 Å². The summed E-state index contributed by atoms with van der Waals surface area (Å²) in [6, 6.07) is 25.6. The molecule has 0 spiro atoms. The van der Waals surface area contributed by atoms with E-state index in [2.05, 4.69) is 16.0 Å². The van der Waals surface area contributed by atoms with Crippen LogP contribution in [0.25, 0.3) is 6.08 Å². The summed E-state index contributed by atoms with van der Waals surface area (Å²) in [4.78, 5) is 50.0. The van der Waals surface area contributed by atoms with Crippen molar-refractivity contribution in [3.63, 3.8) is 0 Å². The lowest BCUT2D eigenvalue weighted by atomic mass is 10.1. The van der Waals surface area contributed by atoms with Crippen molar-refractivity contribution >= 4 is 75.8 Å². The second kappa shape index (κ2) is 14.5. The molecule has 12 heteroatoms. The fraction of sp³-hybridized carbons (Fsp3) is 0.0645. The Morgan fingerprint density at radius 1 is 0.884 bits per heavy atom. The SMILES string of the molecule is CC(Sc1ccc(NC(=O)/C(=C/c2ccc([N+](=O)[O-])cc2)NC(=O)c2ccccc2)cc1)C(=O)Nc1ccc(Cl)cc1Cl. The third-order valence-electron chi connectivity index (χ3n) is 5.93. The fourth-order valence-corrected chi connectivity index (χ4v) is 5.02. The number of hydrogen-bond donors (Lipinski definition) is 3. The van der Waals surface area contributed by atoms with Gasteiger partial charge in [0.05, 0.1) is 20.9 Å². The van der Waals surface area contributed by atoms with Gasteiger partial charge in [-0.1, -0.05) is 41.4 Å². The third-order valence-corrected chi connectivity index (χ3v) is 7.59. The van der Waals surface area contributed by atoms with E-state index in [4.69, 9.17) is 23.2 Å². The summed E-state index contributed by atoms with van der Waals surface area (Å²) >= 11 is 13.4. The van der Waals surface area contributed by atoms with Gasteiger partial charge in [0.15, 0.2) is 0 Å². The number of thioether (sulfide) groups is 1. The minimum absolute atomic E-state index is 0.0627. The molecule has 43 heavy (non-hydrogen) atoms. The second-order valence-corrected chi connectivity index (χ2v) is 11.3. The van der Waals surface area contributed by atoms with E-state index in [0.29, 0.717) is 32.5 Å². The van der Waals surface area contributed by atoms with Gasteiger partial charge < -0.3 is 16.0 Å². The molecule has 0 radical (unpaired) electrons. The number of nitrogens with one attached hydrogen (secondary N) is 3. The summed E-state index contributed by atoms with van der Waals surface area (Å²) in [5, 5.41) is 19.5. The summed E-state index contributed by atoms with van der Waals surface area (Å²) < 4.78 is 0. The number of anilines is 2. The van der Waals surface area contributed by atoms with Crippen molar-refractivity contribution in [3.05, 3.63) is 134 Å². The monoisotopic (exact) mass is 634 g/mol. The minimum atomic E-state index is -0.601. The summed E-state index contributed by atoms with van der Waals surface area (Å²) in [6.07, 6.45) is 1.43. The lowest BCUT2D eigenvalue weighted by Crippen LogP contribution is -2.30. The molecule has 0 aliphatic carbocycles. The van der Waals surface area contributed by atoms with E-state index in [1.807, 2.05) is 0 Å². The van der Waals surface area contributed by atoms with Crippen molar-refractivity contribution in [2.24, 2.45) is 0 Å². The highest BCUT2D eigenvalue weighted by atomic mass is 35.5. The molecule has 0 aromatic heterocycles. The van der Waals surface area contributed by atoms with Crippen LogP contribution in [-0.2, 0) is 9.59 Å². The van der Waals surface area contributed by atoms with Gasteiger partial charge in [-0.25, -0.2) is 0 Å². The highest BCUT2D eigenvalue weighted by Crippen LogP contribution is 2.29. The Kier molecular flexibility index (Phi) is 10.6. The topological polar surface area (TPSA) is 130 Å². The van der Waals surface area contributed by atoms with Crippen molar-refractivity contribution in [3.8, 4) is 0 Å². The Morgan fingerprint density at radius 3 is 2.19 bits per heavy atom. The summed E-state index contributed by atoms with van der Waals surface area (Å²) in [6.45, 7) is 1.75. The number of amides is 3. The van der Waals surface area contributed by atoms with Crippen LogP contribution in [0.1, 0.15) is 22.8 Å². The zero-order chi connectivity index (χ0) is 30.9. The molecule has 1 unspecified atom stereocenters. The molecule has 3 amide bonds. The van der Waals surface area contributed by atoms with Gasteiger partial charge in [0.1, 0.15) is 5.70 Å². The number of benzene rings is 4. The van der Waals surface area contributed by atoms with Crippen molar-refractivity contribution in [1.82, 2.24) is 5.32 Å². The lowest BCUT2D eigenvalue weighted by molar-refractivity contribution is -0.384. The molecule has 1 atom stereocenters. The van der Waals surface area contributed by atoms with E-state index in [9.17, 15) is 24.5 Å². The first-order chi connectivity index (χ1) is 20.6. The molecule has 0 aliphatic heterocycles. The summed E-state index contributed by atoms with van der Waals surface area (Å²) in [7, 11) is 0. The lowest BCUT2D eigenvalue weighted by Gasteiger charge is -2.14. The Bertz CT molecular complexity index is 1680. The van der Waals surface area contributed by atoms with Gasteiger partial charge in [-0.05, 0) is 85.3 Å². The van der Waals surface area contributed by atoms with Crippen LogP contribution in [0.3, 0.4) is 0 Å². The molecule has 0 heterocycles. The molecule has 0 saturated carbocycles. The smallest absolute Gasteiger partial charge is 0.272 e. The highest BCUT2D eigenvalue weighted by molar-refractivity contribution is 8.00. The molecule has 4 aromatic carbocycles. The van der Waals surface area contributed by atoms with Crippen LogP contribution < -0.4 is 16.0 Å². The zero-order valence-corrected chi connectivity index (χ0v) is 24.9. The Labute approximate surface area is 261 Å². The maximum Gasteiger partial charge on any atom is 0.272 e. The number of carbonyl (C=O) groups is 3. The van der Waals surface area contributed by atoms with Crippen LogP contribution in [-0.4, -0.2) is 27.9 Å². The van der Waals surface area contributed by atoms with Gasteiger partial charge in [0.25, 0.3) is 17.5 Å². The van der Waals surface area contributed by atoms with E-state index in [-0.39, 0.29) is 17.3 Å². The molecule has 0 saturated heterocycles. The van der Waals surface area contributed by atoms with Gasteiger partial charge in [0.2, 0.25) is 5.91 Å². The molecule has 4 rings (SSSR count). The average Bonchev–Trinajstić information content (AvgIpc) is 2.99. The first-order valence-corrected chi connectivity index (χ1v) is 14.4.